The van der Waals surface area contributed by atoms with Crippen molar-refractivity contribution in [3.8, 4) is 11.3 Å². The van der Waals surface area contributed by atoms with Crippen molar-refractivity contribution in [1.82, 2.24) is 4.98 Å². The number of aromatic nitrogens is 1. The van der Waals surface area contributed by atoms with Crippen molar-refractivity contribution in [1.29, 1.82) is 0 Å². The molecule has 1 saturated heterocycles. The third-order valence-corrected chi connectivity index (χ3v) is 8.23. The zero-order chi connectivity index (χ0) is 29.5. The number of benzene rings is 3. The molecule has 7 nitrogen and oxygen atoms in total. The third kappa shape index (κ3) is 4.90. The van der Waals surface area contributed by atoms with Crippen molar-refractivity contribution in [2.45, 2.75) is 26.4 Å². The number of carbonyl (C=O) groups excluding carboxylic acids is 4. The standard InChI is InChI=1S/C34H27ClN2O5/c1-19-7-6-10-25-30(19)33(40)37(32(25)39)24-14-11-21(12-15-24)29-18-27(26-17-23(35)13-16-28(26)36-29)34(41)42-20(2)31(38)22-8-4-3-5-9-22/h3-9,11-20,25,30H,10H2,1-2H3. The Kier molecular flexibility index (Phi) is 7.21. The Morgan fingerprint density at radius 3 is 2.43 bits per heavy atom. The normalized spacial score (nSPS) is 20.5. The highest BCUT2D eigenvalue weighted by Crippen LogP contribution is 2.41. The molecule has 2 aliphatic rings. The van der Waals surface area contributed by atoms with Crippen molar-refractivity contribution < 1.29 is 23.9 Å². The van der Waals surface area contributed by atoms with E-state index in [2.05, 4.69) is 0 Å². The van der Waals surface area contributed by atoms with E-state index in [-0.39, 0.29) is 40.9 Å². The van der Waals surface area contributed by atoms with E-state index in [1.807, 2.05) is 19.1 Å². The molecule has 210 valence electrons. The Hall–Kier alpha value is -4.62. The molecule has 0 bridgehead atoms. The number of imide groups is 1. The van der Waals surface area contributed by atoms with Crippen LogP contribution in [0.3, 0.4) is 0 Å². The van der Waals surface area contributed by atoms with Gasteiger partial charge in [0.1, 0.15) is 0 Å². The fourth-order valence-corrected chi connectivity index (χ4v) is 5.98. The van der Waals surface area contributed by atoms with E-state index >= 15 is 0 Å². The second-order valence-corrected chi connectivity index (χ2v) is 11.1. The number of hydrogen-bond acceptors (Lipinski definition) is 6. The van der Waals surface area contributed by atoms with Crippen LogP contribution in [0.2, 0.25) is 5.02 Å². The minimum atomic E-state index is -1.01. The maximum absolute atomic E-state index is 13.4. The molecular weight excluding hydrogens is 552 g/mol. The SMILES string of the molecule is CC(OC(=O)c1cc(-c2ccc(N3C(=O)C4CC=CC(C)C4C3=O)cc2)nc2ccc(Cl)cc12)C(=O)c1ccccc1. The van der Waals surface area contributed by atoms with Gasteiger partial charge in [-0.2, -0.15) is 0 Å². The van der Waals surface area contributed by atoms with Gasteiger partial charge in [-0.15, -0.1) is 0 Å². The quantitative estimate of drug-likeness (QED) is 0.110. The molecule has 4 unspecified atom stereocenters. The molecule has 0 saturated carbocycles. The van der Waals surface area contributed by atoms with Crippen LogP contribution in [-0.4, -0.2) is 34.7 Å². The third-order valence-electron chi connectivity index (χ3n) is 8.00. The van der Waals surface area contributed by atoms with Crippen molar-refractivity contribution in [3.05, 3.63) is 107 Å². The summed E-state index contributed by atoms with van der Waals surface area (Å²) < 4.78 is 5.61. The lowest BCUT2D eigenvalue weighted by Gasteiger charge is -2.22. The molecule has 2 amide bonds. The number of Topliss-reactive ketones (excluding diaryl/α,β-unsaturated/α-hetero) is 1. The summed E-state index contributed by atoms with van der Waals surface area (Å²) in [7, 11) is 0. The van der Waals surface area contributed by atoms with Crippen LogP contribution in [0.4, 0.5) is 5.69 Å². The van der Waals surface area contributed by atoms with Gasteiger partial charge in [0.25, 0.3) is 0 Å². The molecule has 6 rings (SSSR count). The second kappa shape index (κ2) is 11.0. The van der Waals surface area contributed by atoms with Gasteiger partial charge in [-0.3, -0.25) is 19.3 Å². The molecule has 8 heteroatoms. The van der Waals surface area contributed by atoms with Gasteiger partial charge in [-0.25, -0.2) is 9.78 Å². The fourth-order valence-electron chi connectivity index (χ4n) is 5.81. The van der Waals surface area contributed by atoms with E-state index in [0.29, 0.717) is 44.9 Å². The number of amides is 2. The second-order valence-electron chi connectivity index (χ2n) is 10.7. The Morgan fingerprint density at radius 1 is 0.976 bits per heavy atom. The summed E-state index contributed by atoms with van der Waals surface area (Å²) >= 11 is 6.25. The number of ketones is 1. The van der Waals surface area contributed by atoms with Gasteiger partial charge in [0, 0.05) is 21.5 Å². The molecule has 1 aliphatic carbocycles. The van der Waals surface area contributed by atoms with Crippen molar-refractivity contribution in [2.24, 2.45) is 17.8 Å². The lowest BCUT2D eigenvalue weighted by molar-refractivity contribution is -0.122. The summed E-state index contributed by atoms with van der Waals surface area (Å²) in [6, 6.07) is 22.2. The maximum atomic E-state index is 13.4. The summed E-state index contributed by atoms with van der Waals surface area (Å²) in [4.78, 5) is 58.6. The molecule has 1 aromatic heterocycles. The monoisotopic (exact) mass is 578 g/mol. The number of nitrogens with zero attached hydrogens (tertiary/aromatic N) is 2. The largest absolute Gasteiger partial charge is 0.451 e. The van der Waals surface area contributed by atoms with Crippen LogP contribution in [0.5, 0.6) is 0 Å². The molecule has 0 spiro atoms. The lowest BCUT2D eigenvalue weighted by atomic mass is 9.78. The summed E-state index contributed by atoms with van der Waals surface area (Å²) in [6.07, 6.45) is 3.53. The van der Waals surface area contributed by atoms with Crippen LogP contribution in [0.15, 0.2) is 91.0 Å². The predicted molar refractivity (Wildman–Crippen MR) is 160 cm³/mol. The Balaban J connectivity index is 1.31. The smallest absolute Gasteiger partial charge is 0.339 e. The Labute approximate surface area is 247 Å². The number of carbonyl (C=O) groups is 4. The lowest BCUT2D eigenvalue weighted by Crippen LogP contribution is -2.31. The fraction of sp³-hybridized carbons (Fsp3) is 0.206. The summed E-state index contributed by atoms with van der Waals surface area (Å²) in [6.45, 7) is 3.50. The molecule has 4 atom stereocenters. The van der Waals surface area contributed by atoms with Gasteiger partial charge in [-0.1, -0.05) is 73.1 Å². The Morgan fingerprint density at radius 2 is 1.71 bits per heavy atom. The molecule has 4 aromatic rings. The highest BCUT2D eigenvalue weighted by molar-refractivity contribution is 6.31. The first-order valence-corrected chi connectivity index (χ1v) is 14.2. The van der Waals surface area contributed by atoms with Crippen molar-refractivity contribution in [2.75, 3.05) is 4.90 Å². The van der Waals surface area contributed by atoms with Crippen LogP contribution in [0.1, 0.15) is 41.0 Å². The van der Waals surface area contributed by atoms with E-state index in [4.69, 9.17) is 21.3 Å². The number of hydrogen-bond donors (Lipinski definition) is 0. The van der Waals surface area contributed by atoms with Gasteiger partial charge in [0.2, 0.25) is 17.6 Å². The van der Waals surface area contributed by atoms with Crippen LogP contribution in [-0.2, 0) is 14.3 Å². The summed E-state index contributed by atoms with van der Waals surface area (Å²) in [5.74, 6) is -2.04. The number of rotatable bonds is 6. The Bertz CT molecular complexity index is 1770. The predicted octanol–water partition coefficient (Wildman–Crippen LogP) is 6.69. The van der Waals surface area contributed by atoms with E-state index in [1.54, 1.807) is 78.9 Å². The van der Waals surface area contributed by atoms with Crippen LogP contribution >= 0.6 is 11.6 Å². The molecule has 2 heterocycles. The number of halogens is 1. The average molecular weight is 579 g/mol. The summed E-state index contributed by atoms with van der Waals surface area (Å²) in [5.41, 5.74) is 2.83. The molecule has 3 aromatic carbocycles. The van der Waals surface area contributed by atoms with E-state index in [9.17, 15) is 19.2 Å². The van der Waals surface area contributed by atoms with Crippen molar-refractivity contribution in [3.63, 3.8) is 0 Å². The van der Waals surface area contributed by atoms with E-state index < -0.39 is 12.1 Å². The van der Waals surface area contributed by atoms with Gasteiger partial charge in [0.05, 0.1) is 34.3 Å². The van der Waals surface area contributed by atoms with Gasteiger partial charge in [-0.05, 0) is 55.7 Å². The minimum Gasteiger partial charge on any atom is -0.451 e. The zero-order valence-electron chi connectivity index (χ0n) is 23.0. The van der Waals surface area contributed by atoms with Crippen LogP contribution in [0, 0.1) is 17.8 Å². The number of fused-ring (bicyclic) bond motifs is 2. The number of pyridine rings is 1. The molecule has 42 heavy (non-hydrogen) atoms. The minimum absolute atomic E-state index is 0.00339. The first-order chi connectivity index (χ1) is 20.2. The van der Waals surface area contributed by atoms with Gasteiger partial charge in [0.15, 0.2) is 6.10 Å². The molecule has 1 aliphatic heterocycles. The number of ether oxygens (including phenoxy) is 1. The average Bonchev–Trinajstić information content (AvgIpc) is 3.26. The number of allylic oxidation sites excluding steroid dienone is 2. The topological polar surface area (TPSA) is 93.6 Å². The highest BCUT2D eigenvalue weighted by atomic mass is 35.5. The molecular formula is C34H27ClN2O5. The molecule has 0 radical (unpaired) electrons. The van der Waals surface area contributed by atoms with Gasteiger partial charge < -0.3 is 4.74 Å². The first kappa shape index (κ1) is 27.5. The molecule has 1 fully saturated rings. The first-order valence-electron chi connectivity index (χ1n) is 13.8. The van der Waals surface area contributed by atoms with Crippen LogP contribution in [0.25, 0.3) is 22.2 Å². The highest BCUT2D eigenvalue weighted by Gasteiger charge is 2.50. The van der Waals surface area contributed by atoms with Gasteiger partial charge >= 0.3 is 5.97 Å². The summed E-state index contributed by atoms with van der Waals surface area (Å²) in [5, 5.41) is 0.916. The zero-order valence-corrected chi connectivity index (χ0v) is 23.7. The van der Waals surface area contributed by atoms with Crippen molar-refractivity contribution >= 4 is 51.8 Å². The number of esters is 1. The maximum Gasteiger partial charge on any atom is 0.339 e. The van der Waals surface area contributed by atoms with E-state index in [1.165, 1.54) is 11.8 Å². The molecule has 0 N–H and O–H groups in total. The van der Waals surface area contributed by atoms with Crippen LogP contribution < -0.4 is 4.90 Å². The number of anilines is 1. The van der Waals surface area contributed by atoms with E-state index in [0.717, 1.165) is 0 Å².